The second-order valence-corrected chi connectivity index (χ2v) is 6.36. The van der Waals surface area contributed by atoms with Gasteiger partial charge in [0, 0.05) is 0 Å². The first-order valence-electron chi connectivity index (χ1n) is 5.57. The first-order chi connectivity index (χ1) is 6.20. The Hall–Kier alpha value is 0.310. The molecule has 0 aliphatic heterocycles. The quantitative estimate of drug-likeness (QED) is 0.642. The molecule has 0 amide bonds. The molecule has 1 aliphatic rings. The van der Waals surface area contributed by atoms with Crippen LogP contribution in [0.1, 0.15) is 52.4 Å². The zero-order chi connectivity index (χ0) is 9.68. The molecule has 1 aliphatic carbocycles. The third-order valence-corrected chi connectivity index (χ3v) is 4.67. The highest BCUT2D eigenvalue weighted by atomic mass is 32.2. The molecular weight excluding hydrogens is 180 g/mol. The van der Waals surface area contributed by atoms with Crippen molar-refractivity contribution in [1.82, 2.24) is 0 Å². The van der Waals surface area contributed by atoms with Crippen LogP contribution < -0.4 is 0 Å². The van der Waals surface area contributed by atoms with Gasteiger partial charge >= 0.3 is 0 Å². The Morgan fingerprint density at radius 3 is 2.38 bits per heavy atom. The summed E-state index contributed by atoms with van der Waals surface area (Å²) in [4.78, 5) is 0. The van der Waals surface area contributed by atoms with E-state index in [0.29, 0.717) is 11.2 Å². The fourth-order valence-electron chi connectivity index (χ4n) is 1.85. The highest BCUT2D eigenvalue weighted by molar-refractivity contribution is 7.92. The average Bonchev–Trinajstić information content (AvgIpc) is 2.15. The second kappa shape index (κ2) is 5.92. The summed E-state index contributed by atoms with van der Waals surface area (Å²) in [5, 5.41) is 0.535. The SMILES string of the molecule is CC(C)CC[S+]([O-])C1CCCCC1. The molecule has 13 heavy (non-hydrogen) atoms. The van der Waals surface area contributed by atoms with Crippen LogP contribution in [0.5, 0.6) is 0 Å². The molecule has 0 saturated heterocycles. The van der Waals surface area contributed by atoms with Crippen LogP contribution in [-0.4, -0.2) is 15.6 Å². The maximum Gasteiger partial charge on any atom is 0.115 e. The zero-order valence-electron chi connectivity index (χ0n) is 8.92. The van der Waals surface area contributed by atoms with Crippen molar-refractivity contribution in [3.05, 3.63) is 0 Å². The highest BCUT2D eigenvalue weighted by Crippen LogP contribution is 2.24. The fraction of sp³-hybridized carbons (Fsp3) is 1.00. The maximum atomic E-state index is 11.8. The molecule has 2 heteroatoms. The monoisotopic (exact) mass is 202 g/mol. The Balaban J connectivity index is 2.17. The van der Waals surface area contributed by atoms with Crippen molar-refractivity contribution >= 4 is 11.2 Å². The van der Waals surface area contributed by atoms with Crippen molar-refractivity contribution in [3.63, 3.8) is 0 Å². The molecule has 0 aromatic heterocycles. The summed E-state index contributed by atoms with van der Waals surface area (Å²) in [6, 6.07) is 0. The highest BCUT2D eigenvalue weighted by Gasteiger charge is 2.24. The third kappa shape index (κ3) is 4.37. The van der Waals surface area contributed by atoms with E-state index in [9.17, 15) is 4.55 Å². The second-order valence-electron chi connectivity index (χ2n) is 4.53. The molecule has 0 aromatic carbocycles. The van der Waals surface area contributed by atoms with Gasteiger partial charge in [0.2, 0.25) is 0 Å². The predicted octanol–water partition coefficient (Wildman–Crippen LogP) is 3.11. The molecule has 1 nitrogen and oxygen atoms in total. The first kappa shape index (κ1) is 11.4. The lowest BCUT2D eigenvalue weighted by atomic mass is 10.0. The summed E-state index contributed by atoms with van der Waals surface area (Å²) in [7, 11) is 0. The molecule has 78 valence electrons. The van der Waals surface area contributed by atoms with Crippen LogP contribution in [0.15, 0.2) is 0 Å². The van der Waals surface area contributed by atoms with E-state index in [-0.39, 0.29) is 0 Å². The normalized spacial score (nSPS) is 22.2. The van der Waals surface area contributed by atoms with Crippen molar-refractivity contribution in [2.45, 2.75) is 57.6 Å². The fourth-order valence-corrected chi connectivity index (χ4v) is 3.74. The van der Waals surface area contributed by atoms with Gasteiger partial charge in [-0.3, -0.25) is 0 Å². The number of rotatable bonds is 4. The Kier molecular flexibility index (Phi) is 5.18. The first-order valence-corrected chi connectivity index (χ1v) is 6.95. The van der Waals surface area contributed by atoms with Gasteiger partial charge in [0.1, 0.15) is 11.0 Å². The van der Waals surface area contributed by atoms with Gasteiger partial charge in [0.05, 0.1) is 0 Å². The van der Waals surface area contributed by atoms with Crippen LogP contribution in [0.3, 0.4) is 0 Å². The van der Waals surface area contributed by atoms with Crippen molar-refractivity contribution in [3.8, 4) is 0 Å². The molecule has 1 atom stereocenters. The molecule has 0 aromatic rings. The van der Waals surface area contributed by atoms with Gasteiger partial charge in [-0.15, -0.1) is 0 Å². The molecule has 1 fully saturated rings. The standard InChI is InChI=1S/C11H22OS/c1-10(2)8-9-13(12)11-6-4-3-5-7-11/h10-11H,3-9H2,1-2H3. The van der Waals surface area contributed by atoms with Crippen LogP contribution in [0.4, 0.5) is 0 Å². The minimum atomic E-state index is -0.527. The molecule has 0 N–H and O–H groups in total. The minimum absolute atomic E-state index is 0.527. The molecule has 0 radical (unpaired) electrons. The topological polar surface area (TPSA) is 23.1 Å². The van der Waals surface area contributed by atoms with Gasteiger partial charge in [-0.05, 0) is 38.0 Å². The van der Waals surface area contributed by atoms with Gasteiger partial charge in [0.15, 0.2) is 0 Å². The van der Waals surface area contributed by atoms with Gasteiger partial charge in [0.25, 0.3) is 0 Å². The van der Waals surface area contributed by atoms with E-state index in [1.54, 1.807) is 0 Å². The Morgan fingerprint density at radius 2 is 1.85 bits per heavy atom. The minimum Gasteiger partial charge on any atom is -0.616 e. The largest absolute Gasteiger partial charge is 0.616 e. The van der Waals surface area contributed by atoms with Crippen molar-refractivity contribution in [1.29, 1.82) is 0 Å². The summed E-state index contributed by atoms with van der Waals surface area (Å²) < 4.78 is 11.8. The lowest BCUT2D eigenvalue weighted by molar-refractivity contribution is 0.480. The third-order valence-electron chi connectivity index (χ3n) is 2.82. The van der Waals surface area contributed by atoms with E-state index in [4.69, 9.17) is 0 Å². The Bertz CT molecular complexity index is 130. The van der Waals surface area contributed by atoms with Crippen LogP contribution in [0.25, 0.3) is 0 Å². The lowest BCUT2D eigenvalue weighted by Crippen LogP contribution is -2.26. The summed E-state index contributed by atoms with van der Waals surface area (Å²) in [5.41, 5.74) is 0. The van der Waals surface area contributed by atoms with Crippen LogP contribution >= 0.6 is 0 Å². The smallest absolute Gasteiger partial charge is 0.115 e. The summed E-state index contributed by atoms with van der Waals surface area (Å²) in [6.07, 6.45) is 7.52. The molecule has 1 unspecified atom stereocenters. The van der Waals surface area contributed by atoms with E-state index in [2.05, 4.69) is 13.8 Å². The van der Waals surface area contributed by atoms with Gasteiger partial charge < -0.3 is 4.55 Å². The average molecular weight is 202 g/mol. The summed E-state index contributed by atoms with van der Waals surface area (Å²) in [5.74, 6) is 1.63. The van der Waals surface area contributed by atoms with Crippen molar-refractivity contribution < 1.29 is 4.55 Å². The molecule has 0 spiro atoms. The zero-order valence-corrected chi connectivity index (χ0v) is 9.74. The number of hydrogen-bond donors (Lipinski definition) is 0. The summed E-state index contributed by atoms with van der Waals surface area (Å²) in [6.45, 7) is 4.41. The molecular formula is C11H22OS. The van der Waals surface area contributed by atoms with Gasteiger partial charge in [-0.2, -0.15) is 0 Å². The predicted molar refractivity (Wildman–Crippen MR) is 59.3 cm³/mol. The van der Waals surface area contributed by atoms with Crippen molar-refractivity contribution in [2.75, 3.05) is 5.75 Å². The number of hydrogen-bond acceptors (Lipinski definition) is 1. The maximum absolute atomic E-state index is 11.8. The van der Waals surface area contributed by atoms with Crippen LogP contribution in [0, 0.1) is 5.92 Å². The van der Waals surface area contributed by atoms with Crippen LogP contribution in [0.2, 0.25) is 0 Å². The van der Waals surface area contributed by atoms with Crippen LogP contribution in [-0.2, 0) is 11.2 Å². The van der Waals surface area contributed by atoms with E-state index in [1.807, 2.05) is 0 Å². The Morgan fingerprint density at radius 1 is 1.23 bits per heavy atom. The van der Waals surface area contributed by atoms with Crippen molar-refractivity contribution in [2.24, 2.45) is 5.92 Å². The lowest BCUT2D eigenvalue weighted by Gasteiger charge is -2.25. The summed E-state index contributed by atoms with van der Waals surface area (Å²) >= 11 is -0.527. The molecule has 0 heterocycles. The van der Waals surface area contributed by atoms with E-state index >= 15 is 0 Å². The van der Waals surface area contributed by atoms with E-state index in [1.165, 1.54) is 32.1 Å². The Labute approximate surface area is 85.5 Å². The molecule has 1 saturated carbocycles. The van der Waals surface area contributed by atoms with Gasteiger partial charge in [-0.1, -0.05) is 31.4 Å². The molecule has 0 bridgehead atoms. The van der Waals surface area contributed by atoms with E-state index < -0.39 is 11.2 Å². The van der Waals surface area contributed by atoms with E-state index in [0.717, 1.165) is 12.2 Å². The van der Waals surface area contributed by atoms with Gasteiger partial charge in [-0.25, -0.2) is 0 Å². The molecule has 1 rings (SSSR count).